The Balaban J connectivity index is 3.37. The smallest absolute Gasteiger partial charge is 0.267 e. The quantitative estimate of drug-likeness (QED) is 0.470. The van der Waals surface area contributed by atoms with E-state index in [-0.39, 0.29) is 0 Å². The molecule has 0 amide bonds. The van der Waals surface area contributed by atoms with Crippen molar-refractivity contribution in [3.05, 3.63) is 43.6 Å². The summed E-state index contributed by atoms with van der Waals surface area (Å²) < 4.78 is 1.65. The molecule has 0 aliphatic carbocycles. The van der Waals surface area contributed by atoms with Gasteiger partial charge in [0.15, 0.2) is 0 Å². The number of H-pyrrole nitrogens is 1. The highest BCUT2D eigenvalue weighted by Crippen LogP contribution is 1.68. The molecule has 11 heavy (non-hydrogen) atoms. The highest BCUT2D eigenvalue weighted by molar-refractivity contribution is 4.87. The summed E-state index contributed by atoms with van der Waals surface area (Å²) in [6.45, 7) is 0. The summed E-state index contributed by atoms with van der Waals surface area (Å²) in [5.74, 6) is 0. The Morgan fingerprint density at radius 3 is 2.55 bits per heavy atom. The highest BCUT2D eigenvalue weighted by Gasteiger charge is 2.04. The molecule has 0 saturated carbocycles. The Bertz CT molecular complexity index is 544. The number of fused-ring (bicyclic) bond motifs is 1. The van der Waals surface area contributed by atoms with Crippen LogP contribution in [0.4, 0.5) is 0 Å². The van der Waals surface area contributed by atoms with Crippen molar-refractivity contribution >= 4 is 0 Å². The van der Waals surface area contributed by atoms with Crippen molar-refractivity contribution in [1.82, 2.24) is 14.0 Å². The summed E-state index contributed by atoms with van der Waals surface area (Å²) in [7, 11) is 0. The summed E-state index contributed by atoms with van der Waals surface area (Å²) in [5.41, 5.74) is -1.81. The van der Waals surface area contributed by atoms with E-state index in [4.69, 9.17) is 0 Å². The standard InChI is InChI=1S/C5H3N3O3/c9-3-1-2-7-4(10)6-5(11)8(3)7/h1-2H,(H,6,10,11). The van der Waals surface area contributed by atoms with Crippen molar-refractivity contribution in [2.75, 3.05) is 0 Å². The normalized spacial score (nSPS) is 10.9. The minimum Gasteiger partial charge on any atom is -0.267 e. The zero-order valence-electron chi connectivity index (χ0n) is 5.27. The molecule has 0 unspecified atom stereocenters. The Hall–Kier alpha value is -1.85. The molecule has 2 rings (SSSR count). The molecule has 0 fully saturated rings. The second kappa shape index (κ2) is 1.60. The van der Waals surface area contributed by atoms with Crippen LogP contribution in [0.15, 0.2) is 26.6 Å². The lowest BCUT2D eigenvalue weighted by Gasteiger charge is -1.75. The molecule has 0 bridgehead atoms. The fraction of sp³-hybridized carbons (Fsp3) is 0. The number of aromatic nitrogens is 3. The van der Waals surface area contributed by atoms with E-state index in [1.807, 2.05) is 4.98 Å². The first kappa shape index (κ1) is 5.90. The Labute approximate surface area is 58.7 Å². The van der Waals surface area contributed by atoms with Crippen LogP contribution in [0.3, 0.4) is 0 Å². The van der Waals surface area contributed by atoms with Gasteiger partial charge in [-0.25, -0.2) is 9.59 Å². The molecule has 0 saturated heterocycles. The van der Waals surface area contributed by atoms with E-state index < -0.39 is 16.9 Å². The average molecular weight is 153 g/mol. The maximum absolute atomic E-state index is 10.8. The number of hydrogen-bond acceptors (Lipinski definition) is 3. The second-order valence-corrected chi connectivity index (χ2v) is 2.05. The van der Waals surface area contributed by atoms with E-state index in [9.17, 15) is 14.4 Å². The maximum Gasteiger partial charge on any atom is 0.352 e. The SMILES string of the molecule is O=c1[nH]c(=O)n2c(=O)ccn12. The molecular formula is C5H3N3O3. The zero-order chi connectivity index (χ0) is 8.01. The van der Waals surface area contributed by atoms with Crippen molar-refractivity contribution in [3.8, 4) is 0 Å². The van der Waals surface area contributed by atoms with Crippen molar-refractivity contribution in [1.29, 1.82) is 0 Å². The van der Waals surface area contributed by atoms with Crippen LogP contribution in [0.2, 0.25) is 0 Å². The molecular weight excluding hydrogens is 150 g/mol. The molecule has 1 N–H and O–H groups in total. The molecule has 0 aromatic carbocycles. The predicted octanol–water partition coefficient (Wildman–Crippen LogP) is -2.11. The Morgan fingerprint density at radius 1 is 1.18 bits per heavy atom. The van der Waals surface area contributed by atoms with Gasteiger partial charge >= 0.3 is 11.4 Å². The van der Waals surface area contributed by atoms with Crippen molar-refractivity contribution in [2.45, 2.75) is 0 Å². The monoisotopic (exact) mass is 153 g/mol. The fourth-order valence-electron chi connectivity index (χ4n) is 0.936. The van der Waals surface area contributed by atoms with E-state index >= 15 is 0 Å². The zero-order valence-corrected chi connectivity index (χ0v) is 5.27. The molecule has 6 nitrogen and oxygen atoms in total. The highest BCUT2D eigenvalue weighted by atomic mass is 16.2. The van der Waals surface area contributed by atoms with Crippen LogP contribution in [-0.4, -0.2) is 14.0 Å². The van der Waals surface area contributed by atoms with E-state index in [2.05, 4.69) is 0 Å². The average Bonchev–Trinajstić information content (AvgIpc) is 2.41. The van der Waals surface area contributed by atoms with Gasteiger partial charge in [-0.2, -0.15) is 9.03 Å². The van der Waals surface area contributed by atoms with Crippen LogP contribution in [0.5, 0.6) is 0 Å². The summed E-state index contributed by atoms with van der Waals surface area (Å²) in [6.07, 6.45) is 1.24. The first-order chi connectivity index (χ1) is 5.20. The van der Waals surface area contributed by atoms with Gasteiger partial charge < -0.3 is 0 Å². The number of aromatic amines is 1. The summed E-state index contributed by atoms with van der Waals surface area (Å²) in [4.78, 5) is 34.3. The summed E-state index contributed by atoms with van der Waals surface area (Å²) >= 11 is 0. The topological polar surface area (TPSA) is 75.8 Å². The van der Waals surface area contributed by atoms with Gasteiger partial charge in [-0.3, -0.25) is 9.78 Å². The largest absolute Gasteiger partial charge is 0.352 e. The molecule has 2 heterocycles. The minimum absolute atomic E-state index is 0.506. The van der Waals surface area contributed by atoms with Crippen LogP contribution < -0.4 is 16.9 Å². The van der Waals surface area contributed by atoms with Crippen LogP contribution in [-0.2, 0) is 0 Å². The van der Waals surface area contributed by atoms with Crippen LogP contribution in [0.25, 0.3) is 0 Å². The van der Waals surface area contributed by atoms with Gasteiger partial charge in [-0.05, 0) is 0 Å². The van der Waals surface area contributed by atoms with E-state index in [1.54, 1.807) is 0 Å². The second-order valence-electron chi connectivity index (χ2n) is 2.05. The molecule has 0 spiro atoms. The van der Waals surface area contributed by atoms with E-state index in [0.717, 1.165) is 15.1 Å². The summed E-state index contributed by atoms with van der Waals surface area (Å²) in [5, 5.41) is 0. The Morgan fingerprint density at radius 2 is 1.91 bits per heavy atom. The van der Waals surface area contributed by atoms with Crippen molar-refractivity contribution in [3.63, 3.8) is 0 Å². The van der Waals surface area contributed by atoms with Gasteiger partial charge in [0.1, 0.15) is 0 Å². The first-order valence-corrected chi connectivity index (χ1v) is 2.86. The van der Waals surface area contributed by atoms with Crippen LogP contribution >= 0.6 is 0 Å². The van der Waals surface area contributed by atoms with Crippen molar-refractivity contribution < 1.29 is 0 Å². The number of nitrogens with zero attached hydrogens (tertiary/aromatic N) is 2. The molecule has 2 aromatic heterocycles. The number of rotatable bonds is 0. The molecule has 0 radical (unpaired) electrons. The van der Waals surface area contributed by atoms with E-state index in [1.165, 1.54) is 6.20 Å². The third kappa shape index (κ3) is 0.575. The van der Waals surface area contributed by atoms with Crippen molar-refractivity contribution in [2.24, 2.45) is 0 Å². The molecule has 0 aliphatic rings. The van der Waals surface area contributed by atoms with Crippen LogP contribution in [0, 0.1) is 0 Å². The van der Waals surface area contributed by atoms with Gasteiger partial charge in [-0.15, -0.1) is 0 Å². The lowest BCUT2D eigenvalue weighted by Crippen LogP contribution is -2.22. The van der Waals surface area contributed by atoms with Gasteiger partial charge in [0.2, 0.25) is 0 Å². The summed E-state index contributed by atoms with van der Waals surface area (Å²) in [6, 6.07) is 1.15. The lowest BCUT2D eigenvalue weighted by molar-refractivity contribution is 0.787. The molecule has 0 atom stereocenters. The lowest BCUT2D eigenvalue weighted by atomic mass is 10.7. The maximum atomic E-state index is 10.8. The minimum atomic E-state index is -0.704. The van der Waals surface area contributed by atoms with Gasteiger partial charge in [-0.1, -0.05) is 0 Å². The molecule has 56 valence electrons. The Kier molecular flexibility index (Phi) is 0.857. The molecule has 6 heteroatoms. The third-order valence-corrected chi connectivity index (χ3v) is 1.40. The predicted molar refractivity (Wildman–Crippen MR) is 35.2 cm³/mol. The first-order valence-electron chi connectivity index (χ1n) is 2.86. The molecule has 2 aromatic rings. The van der Waals surface area contributed by atoms with Gasteiger partial charge in [0, 0.05) is 12.3 Å². The third-order valence-electron chi connectivity index (χ3n) is 1.40. The van der Waals surface area contributed by atoms with Crippen LogP contribution in [0.1, 0.15) is 0 Å². The number of hydrogen-bond donors (Lipinski definition) is 1. The molecule has 0 aliphatic heterocycles. The van der Waals surface area contributed by atoms with Gasteiger partial charge in [0.25, 0.3) is 5.56 Å². The van der Waals surface area contributed by atoms with Gasteiger partial charge in [0.05, 0.1) is 0 Å². The number of nitrogens with one attached hydrogen (secondary N) is 1. The fourth-order valence-corrected chi connectivity index (χ4v) is 0.936. The van der Waals surface area contributed by atoms with E-state index in [0.29, 0.717) is 0 Å².